The van der Waals surface area contributed by atoms with Gasteiger partial charge in [-0.05, 0) is 91.5 Å². The van der Waals surface area contributed by atoms with Crippen LogP contribution in [0.2, 0.25) is 0 Å². The average Bonchev–Trinajstić information content (AvgIpc) is 3.77. The van der Waals surface area contributed by atoms with E-state index in [1.54, 1.807) is 65.8 Å². The van der Waals surface area contributed by atoms with E-state index in [1.165, 1.54) is 9.80 Å². The molecule has 47 heavy (non-hydrogen) atoms. The third kappa shape index (κ3) is 8.27. The summed E-state index contributed by atoms with van der Waals surface area (Å²) in [6.07, 6.45) is 1.62. The first kappa shape index (κ1) is 33.4. The molecule has 13 heteroatoms. The van der Waals surface area contributed by atoms with Crippen LogP contribution in [0.25, 0.3) is 22.5 Å². The normalized spacial score (nSPS) is 18.2. The molecule has 2 aromatic carbocycles. The number of hydrogen-bond acceptors (Lipinski definition) is 8. The first-order chi connectivity index (χ1) is 22.2. The van der Waals surface area contributed by atoms with Gasteiger partial charge < -0.3 is 20.1 Å². The predicted octanol–water partition coefficient (Wildman–Crippen LogP) is 5.81. The Hall–Kier alpha value is -4.94. The Bertz CT molecular complexity index is 1490. The van der Waals surface area contributed by atoms with Crippen molar-refractivity contribution < 1.29 is 28.7 Å². The van der Waals surface area contributed by atoms with E-state index in [0.29, 0.717) is 48.7 Å². The number of rotatable bonds is 6. The highest BCUT2D eigenvalue weighted by Gasteiger charge is 2.38. The topological polar surface area (TPSA) is 159 Å². The summed E-state index contributed by atoms with van der Waals surface area (Å²) in [5.41, 5.74) is 2.69. The van der Waals surface area contributed by atoms with Crippen LogP contribution < -0.4 is 10.6 Å². The van der Waals surface area contributed by atoms with Gasteiger partial charge in [-0.3, -0.25) is 19.4 Å². The zero-order chi connectivity index (χ0) is 33.9. The summed E-state index contributed by atoms with van der Waals surface area (Å²) in [5.74, 6) is -0.526. The number of hydrogen-bond donors (Lipinski definition) is 3. The van der Waals surface area contributed by atoms with Crippen LogP contribution in [0.3, 0.4) is 0 Å². The van der Waals surface area contributed by atoms with Crippen molar-refractivity contribution >= 4 is 35.4 Å². The van der Waals surface area contributed by atoms with Crippen LogP contribution in [0, 0.1) is 0 Å². The number of anilines is 2. The smallest absolute Gasteiger partial charge is 0.410 e. The minimum absolute atomic E-state index is 0.263. The fourth-order valence-corrected chi connectivity index (χ4v) is 5.66. The maximum atomic E-state index is 13.1. The molecule has 5 rings (SSSR count). The van der Waals surface area contributed by atoms with E-state index in [9.17, 15) is 19.2 Å². The second kappa shape index (κ2) is 13.4. The van der Waals surface area contributed by atoms with Crippen LogP contribution in [0.15, 0.2) is 48.5 Å². The van der Waals surface area contributed by atoms with E-state index in [2.05, 4.69) is 26.0 Å². The first-order valence-electron chi connectivity index (χ1n) is 15.9. The fraction of sp³-hybridized carbons (Fsp3) is 0.471. The summed E-state index contributed by atoms with van der Waals surface area (Å²) in [6, 6.07) is 13.3. The standard InChI is InChI=1S/C34H43N7O6/c1-33(2,3)46-31(44)40-19-7-9-25(40)29(42)35-23-15-11-21(12-16-23)27-28(38-39-37-27)22-13-17-24(18-14-22)36-30(43)26-10-8-20-41(26)32(45)47-34(4,5)6/h11-18,25-26H,7-10,19-20H2,1-6H3,(H,35,42)(H,36,43)(H,37,38,39)/t25-,26-/m0/s1. The van der Waals surface area contributed by atoms with Gasteiger partial charge in [-0.2, -0.15) is 15.4 Å². The van der Waals surface area contributed by atoms with Crippen LogP contribution in [0.5, 0.6) is 0 Å². The van der Waals surface area contributed by atoms with Crippen LogP contribution in [0.1, 0.15) is 67.2 Å². The number of benzene rings is 2. The summed E-state index contributed by atoms with van der Waals surface area (Å²) in [5, 5.41) is 17.2. The van der Waals surface area contributed by atoms with E-state index in [0.717, 1.165) is 24.0 Å². The van der Waals surface area contributed by atoms with Crippen LogP contribution in [0.4, 0.5) is 21.0 Å². The fourth-order valence-electron chi connectivity index (χ4n) is 5.66. The van der Waals surface area contributed by atoms with Gasteiger partial charge >= 0.3 is 12.2 Å². The number of amides is 4. The Morgan fingerprint density at radius 2 is 1.02 bits per heavy atom. The molecule has 2 aliphatic rings. The summed E-state index contributed by atoms with van der Waals surface area (Å²) >= 11 is 0. The molecule has 2 fully saturated rings. The highest BCUT2D eigenvalue weighted by Crippen LogP contribution is 2.31. The molecular weight excluding hydrogens is 602 g/mol. The summed E-state index contributed by atoms with van der Waals surface area (Å²) < 4.78 is 11.0. The molecule has 2 atom stereocenters. The van der Waals surface area contributed by atoms with Gasteiger partial charge in [-0.15, -0.1) is 0 Å². The van der Waals surface area contributed by atoms with Crippen molar-refractivity contribution in [2.75, 3.05) is 23.7 Å². The van der Waals surface area contributed by atoms with Crippen LogP contribution in [-0.4, -0.2) is 85.6 Å². The molecule has 0 aliphatic carbocycles. The molecule has 0 bridgehead atoms. The number of nitrogens with one attached hydrogen (secondary N) is 3. The van der Waals surface area contributed by atoms with E-state index in [1.807, 2.05) is 24.3 Å². The van der Waals surface area contributed by atoms with E-state index < -0.39 is 35.5 Å². The van der Waals surface area contributed by atoms with Crippen molar-refractivity contribution in [1.29, 1.82) is 0 Å². The van der Waals surface area contributed by atoms with Gasteiger partial charge in [0.1, 0.15) is 34.7 Å². The second-order valence-corrected chi connectivity index (χ2v) is 13.8. The largest absolute Gasteiger partial charge is 0.444 e. The lowest BCUT2D eigenvalue weighted by Crippen LogP contribution is -2.45. The van der Waals surface area contributed by atoms with Gasteiger partial charge in [0.15, 0.2) is 0 Å². The van der Waals surface area contributed by atoms with Crippen LogP contribution in [-0.2, 0) is 19.1 Å². The summed E-state index contributed by atoms with van der Waals surface area (Å²) in [6.45, 7) is 11.7. The molecule has 13 nitrogen and oxygen atoms in total. The van der Waals surface area contributed by atoms with E-state index in [4.69, 9.17) is 9.47 Å². The molecule has 0 spiro atoms. The monoisotopic (exact) mass is 645 g/mol. The number of likely N-dealkylation sites (tertiary alicyclic amines) is 2. The Labute approximate surface area is 274 Å². The Balaban J connectivity index is 1.21. The van der Waals surface area contributed by atoms with Crippen molar-refractivity contribution in [3.8, 4) is 22.5 Å². The number of nitrogens with zero attached hydrogens (tertiary/aromatic N) is 4. The molecule has 3 N–H and O–H groups in total. The Morgan fingerprint density at radius 1 is 0.660 bits per heavy atom. The van der Waals surface area contributed by atoms with Gasteiger partial charge in [-0.25, -0.2) is 9.59 Å². The average molecular weight is 646 g/mol. The lowest BCUT2D eigenvalue weighted by Gasteiger charge is -2.28. The molecule has 2 saturated heterocycles. The maximum absolute atomic E-state index is 13.1. The highest BCUT2D eigenvalue weighted by molar-refractivity contribution is 5.98. The number of carbonyl (C=O) groups is 4. The zero-order valence-corrected chi connectivity index (χ0v) is 27.8. The van der Waals surface area contributed by atoms with E-state index in [-0.39, 0.29) is 11.8 Å². The molecule has 0 unspecified atom stereocenters. The minimum Gasteiger partial charge on any atom is -0.444 e. The van der Waals surface area contributed by atoms with Crippen molar-refractivity contribution in [3.63, 3.8) is 0 Å². The SMILES string of the molecule is CC(C)(C)OC(=O)N1CCC[C@H]1C(=O)Nc1ccc(-c2n[nH]nc2-c2ccc(NC(=O)[C@@H]3CCCN3C(=O)OC(C)(C)C)cc2)cc1. The number of carbonyl (C=O) groups excluding carboxylic acids is 4. The highest BCUT2D eigenvalue weighted by atomic mass is 16.6. The van der Waals surface area contributed by atoms with Crippen molar-refractivity contribution in [1.82, 2.24) is 25.2 Å². The zero-order valence-electron chi connectivity index (χ0n) is 27.8. The van der Waals surface area contributed by atoms with Crippen molar-refractivity contribution in [2.45, 2.75) is 90.5 Å². The van der Waals surface area contributed by atoms with Crippen molar-refractivity contribution in [3.05, 3.63) is 48.5 Å². The number of H-pyrrole nitrogens is 1. The predicted molar refractivity (Wildman–Crippen MR) is 176 cm³/mol. The second-order valence-electron chi connectivity index (χ2n) is 13.8. The van der Waals surface area contributed by atoms with Gasteiger partial charge in [0.05, 0.1) is 0 Å². The molecule has 3 aromatic rings. The van der Waals surface area contributed by atoms with Gasteiger partial charge in [0.2, 0.25) is 11.8 Å². The number of ether oxygens (including phenoxy) is 2. The summed E-state index contributed by atoms with van der Waals surface area (Å²) in [4.78, 5) is 54.4. The lowest BCUT2D eigenvalue weighted by atomic mass is 10.0. The van der Waals surface area contributed by atoms with E-state index >= 15 is 0 Å². The molecular formula is C34H43N7O6. The van der Waals surface area contributed by atoms with Gasteiger partial charge in [0.25, 0.3) is 0 Å². The molecule has 250 valence electrons. The summed E-state index contributed by atoms with van der Waals surface area (Å²) in [7, 11) is 0. The van der Waals surface area contributed by atoms with Gasteiger partial charge in [0, 0.05) is 35.6 Å². The quantitative estimate of drug-likeness (QED) is 0.303. The molecule has 1 aromatic heterocycles. The Morgan fingerprint density at radius 3 is 1.36 bits per heavy atom. The van der Waals surface area contributed by atoms with Gasteiger partial charge in [-0.1, -0.05) is 24.3 Å². The number of aromatic nitrogens is 3. The Kier molecular flexibility index (Phi) is 9.55. The molecule has 0 saturated carbocycles. The molecule has 4 amide bonds. The first-order valence-corrected chi connectivity index (χ1v) is 15.9. The van der Waals surface area contributed by atoms with Crippen molar-refractivity contribution in [2.24, 2.45) is 0 Å². The number of aromatic amines is 1. The minimum atomic E-state index is -0.642. The third-order valence-electron chi connectivity index (χ3n) is 7.77. The third-order valence-corrected chi connectivity index (χ3v) is 7.77. The molecule has 3 heterocycles. The molecule has 2 aliphatic heterocycles. The molecule has 0 radical (unpaired) electrons. The van der Waals surface area contributed by atoms with Crippen LogP contribution >= 0.6 is 0 Å². The maximum Gasteiger partial charge on any atom is 0.410 e. The lowest BCUT2D eigenvalue weighted by molar-refractivity contribution is -0.121.